The molecule has 0 bridgehead atoms. The van der Waals surface area contributed by atoms with Gasteiger partial charge in [-0.3, -0.25) is 4.98 Å². The number of aliphatic hydroxyl groups is 1. The minimum atomic E-state index is -0.527. The zero-order valence-electron chi connectivity index (χ0n) is 13.0. The molecule has 0 saturated carbocycles. The molecule has 24 heavy (non-hydrogen) atoms. The second-order valence-electron chi connectivity index (χ2n) is 5.36. The molecule has 2 aromatic heterocycles. The van der Waals surface area contributed by atoms with Gasteiger partial charge in [-0.25, -0.2) is 9.78 Å². The molecule has 3 rings (SSSR count). The summed E-state index contributed by atoms with van der Waals surface area (Å²) >= 11 is 5.99. The summed E-state index contributed by atoms with van der Waals surface area (Å²) in [5.41, 5.74) is 3.34. The fraction of sp³-hybridized carbons (Fsp3) is 0.167. The number of ether oxygens (including phenoxy) is 1. The Morgan fingerprint density at radius 3 is 2.79 bits per heavy atom. The second-order valence-corrected chi connectivity index (χ2v) is 5.80. The largest absolute Gasteiger partial charge is 0.464 e. The standard InChI is InChI=1S/C18H15ClN2O3/c1-24-18(23)17-7-12(10-22)6-15(21-17)5-11-2-3-16-13(4-11)8-14(19)9-20-16/h2-4,6-9,22H,5,10H2,1H3. The molecule has 2 heterocycles. The van der Waals surface area contributed by atoms with Crippen LogP contribution in [0.2, 0.25) is 5.02 Å². The lowest BCUT2D eigenvalue weighted by molar-refractivity contribution is 0.0593. The third-order valence-electron chi connectivity index (χ3n) is 3.61. The summed E-state index contributed by atoms with van der Waals surface area (Å²) < 4.78 is 4.71. The fourth-order valence-electron chi connectivity index (χ4n) is 2.51. The van der Waals surface area contributed by atoms with Gasteiger partial charge in [-0.15, -0.1) is 0 Å². The van der Waals surface area contributed by atoms with Crippen LogP contribution in [0.5, 0.6) is 0 Å². The Balaban J connectivity index is 1.96. The van der Waals surface area contributed by atoms with E-state index < -0.39 is 5.97 Å². The van der Waals surface area contributed by atoms with E-state index in [0.29, 0.717) is 22.7 Å². The van der Waals surface area contributed by atoms with Crippen LogP contribution in [0.4, 0.5) is 0 Å². The Bertz CT molecular complexity index is 912. The Kier molecular flexibility index (Phi) is 4.74. The first kappa shape index (κ1) is 16.4. The van der Waals surface area contributed by atoms with Crippen molar-refractivity contribution in [2.45, 2.75) is 13.0 Å². The van der Waals surface area contributed by atoms with E-state index in [1.807, 2.05) is 24.3 Å². The number of nitrogens with zero attached hydrogens (tertiary/aromatic N) is 2. The number of hydrogen-bond acceptors (Lipinski definition) is 5. The maximum Gasteiger partial charge on any atom is 0.356 e. The topological polar surface area (TPSA) is 72.3 Å². The van der Waals surface area contributed by atoms with E-state index in [1.165, 1.54) is 13.2 Å². The molecule has 0 unspecified atom stereocenters. The van der Waals surface area contributed by atoms with Gasteiger partial charge in [0.25, 0.3) is 0 Å². The highest BCUT2D eigenvalue weighted by Crippen LogP contribution is 2.20. The molecule has 0 amide bonds. The third-order valence-corrected chi connectivity index (χ3v) is 3.82. The number of benzene rings is 1. The smallest absolute Gasteiger partial charge is 0.356 e. The van der Waals surface area contributed by atoms with Crippen molar-refractivity contribution in [2.24, 2.45) is 0 Å². The molecule has 6 heteroatoms. The summed E-state index contributed by atoms with van der Waals surface area (Å²) in [6.45, 7) is -0.170. The van der Waals surface area contributed by atoms with Gasteiger partial charge in [0.05, 0.1) is 24.3 Å². The van der Waals surface area contributed by atoms with E-state index in [-0.39, 0.29) is 12.3 Å². The zero-order valence-corrected chi connectivity index (χ0v) is 13.7. The van der Waals surface area contributed by atoms with Crippen molar-refractivity contribution >= 4 is 28.5 Å². The Hall–Kier alpha value is -2.50. The predicted octanol–water partition coefficient (Wildman–Crippen LogP) is 3.15. The molecule has 5 nitrogen and oxygen atoms in total. The Morgan fingerprint density at radius 2 is 2.04 bits per heavy atom. The van der Waals surface area contributed by atoms with Crippen molar-refractivity contribution in [2.75, 3.05) is 7.11 Å². The average Bonchev–Trinajstić information content (AvgIpc) is 2.60. The number of rotatable bonds is 4. The maximum atomic E-state index is 11.7. The number of esters is 1. The van der Waals surface area contributed by atoms with Crippen molar-refractivity contribution in [3.05, 3.63) is 70.1 Å². The highest BCUT2D eigenvalue weighted by atomic mass is 35.5. The maximum absolute atomic E-state index is 11.7. The Labute approximate surface area is 143 Å². The van der Waals surface area contributed by atoms with Crippen LogP contribution < -0.4 is 0 Å². The van der Waals surface area contributed by atoms with E-state index >= 15 is 0 Å². The van der Waals surface area contributed by atoms with E-state index in [1.54, 1.807) is 12.3 Å². The molecule has 1 N–H and O–H groups in total. The lowest BCUT2D eigenvalue weighted by Crippen LogP contribution is -2.08. The molecule has 3 aromatic rings. The number of pyridine rings is 2. The summed E-state index contributed by atoms with van der Waals surface area (Å²) in [5.74, 6) is -0.527. The zero-order chi connectivity index (χ0) is 17.1. The molecular formula is C18H15ClN2O3. The first-order valence-corrected chi connectivity index (χ1v) is 7.70. The summed E-state index contributed by atoms with van der Waals surface area (Å²) in [4.78, 5) is 20.3. The summed E-state index contributed by atoms with van der Waals surface area (Å²) in [7, 11) is 1.30. The van der Waals surface area contributed by atoms with Crippen molar-refractivity contribution in [3.63, 3.8) is 0 Å². The molecule has 122 valence electrons. The average molecular weight is 343 g/mol. The molecule has 0 aliphatic heterocycles. The van der Waals surface area contributed by atoms with Gasteiger partial charge in [-0.2, -0.15) is 0 Å². The molecule has 0 spiro atoms. The molecule has 0 saturated heterocycles. The van der Waals surface area contributed by atoms with Crippen LogP contribution in [0, 0.1) is 0 Å². The highest BCUT2D eigenvalue weighted by Gasteiger charge is 2.11. The van der Waals surface area contributed by atoms with Gasteiger partial charge in [0.1, 0.15) is 5.69 Å². The lowest BCUT2D eigenvalue weighted by atomic mass is 10.0. The highest BCUT2D eigenvalue weighted by molar-refractivity contribution is 6.31. The van der Waals surface area contributed by atoms with Crippen molar-refractivity contribution in [1.82, 2.24) is 9.97 Å². The number of methoxy groups -OCH3 is 1. The Morgan fingerprint density at radius 1 is 1.21 bits per heavy atom. The number of fused-ring (bicyclic) bond motifs is 1. The number of carbonyl (C=O) groups is 1. The monoisotopic (exact) mass is 342 g/mol. The summed E-state index contributed by atoms with van der Waals surface area (Å²) in [6.07, 6.45) is 2.12. The molecule has 0 fully saturated rings. The molecular weight excluding hydrogens is 328 g/mol. The lowest BCUT2D eigenvalue weighted by Gasteiger charge is -2.08. The number of aromatic nitrogens is 2. The van der Waals surface area contributed by atoms with Gasteiger partial charge in [-0.05, 0) is 41.5 Å². The number of hydrogen-bond donors (Lipinski definition) is 1. The van der Waals surface area contributed by atoms with Gasteiger partial charge in [0.2, 0.25) is 0 Å². The molecule has 0 radical (unpaired) electrons. The molecule has 0 aliphatic rings. The van der Waals surface area contributed by atoms with Crippen molar-refractivity contribution in [1.29, 1.82) is 0 Å². The van der Waals surface area contributed by atoms with Crippen LogP contribution in [-0.2, 0) is 17.8 Å². The molecule has 1 aromatic carbocycles. The fourth-order valence-corrected chi connectivity index (χ4v) is 2.68. The van der Waals surface area contributed by atoms with Crippen LogP contribution >= 0.6 is 11.6 Å². The van der Waals surface area contributed by atoms with Crippen LogP contribution in [0.3, 0.4) is 0 Å². The minimum absolute atomic E-state index is 0.170. The normalized spacial score (nSPS) is 10.8. The van der Waals surface area contributed by atoms with Crippen LogP contribution in [0.1, 0.15) is 27.3 Å². The molecule has 0 aliphatic carbocycles. The second kappa shape index (κ2) is 6.95. The van der Waals surface area contributed by atoms with Crippen molar-refractivity contribution < 1.29 is 14.6 Å². The van der Waals surface area contributed by atoms with Gasteiger partial charge in [-0.1, -0.05) is 17.7 Å². The first-order valence-electron chi connectivity index (χ1n) is 7.32. The SMILES string of the molecule is COC(=O)c1cc(CO)cc(Cc2ccc3ncc(Cl)cc3c2)n1. The van der Waals surface area contributed by atoms with E-state index in [4.69, 9.17) is 16.3 Å². The van der Waals surface area contributed by atoms with Gasteiger partial charge < -0.3 is 9.84 Å². The predicted molar refractivity (Wildman–Crippen MR) is 91.1 cm³/mol. The van der Waals surface area contributed by atoms with Gasteiger partial charge in [0, 0.05) is 23.7 Å². The minimum Gasteiger partial charge on any atom is -0.464 e. The van der Waals surface area contributed by atoms with Crippen LogP contribution in [-0.4, -0.2) is 28.2 Å². The number of halogens is 1. The van der Waals surface area contributed by atoms with Crippen LogP contribution in [0.25, 0.3) is 10.9 Å². The van der Waals surface area contributed by atoms with Gasteiger partial charge in [0.15, 0.2) is 0 Å². The van der Waals surface area contributed by atoms with E-state index in [2.05, 4.69) is 9.97 Å². The van der Waals surface area contributed by atoms with Gasteiger partial charge >= 0.3 is 5.97 Å². The van der Waals surface area contributed by atoms with E-state index in [9.17, 15) is 9.90 Å². The summed E-state index contributed by atoms with van der Waals surface area (Å²) in [6, 6.07) is 11.0. The first-order chi connectivity index (χ1) is 11.6. The number of aliphatic hydroxyl groups excluding tert-OH is 1. The molecule has 0 atom stereocenters. The van der Waals surface area contributed by atoms with E-state index in [0.717, 1.165) is 16.5 Å². The third kappa shape index (κ3) is 3.53. The van der Waals surface area contributed by atoms with Crippen LogP contribution in [0.15, 0.2) is 42.6 Å². The van der Waals surface area contributed by atoms with Crippen molar-refractivity contribution in [3.8, 4) is 0 Å². The number of carbonyl (C=O) groups excluding carboxylic acids is 1. The summed E-state index contributed by atoms with van der Waals surface area (Å²) in [5, 5.41) is 10.9. The quantitative estimate of drug-likeness (QED) is 0.737.